The van der Waals surface area contributed by atoms with Crippen molar-refractivity contribution in [1.82, 2.24) is 4.90 Å². The van der Waals surface area contributed by atoms with Gasteiger partial charge in [-0.3, -0.25) is 0 Å². The van der Waals surface area contributed by atoms with Gasteiger partial charge in [0.1, 0.15) is 0 Å². The quantitative estimate of drug-likeness (QED) is 0.812. The number of carbonyl (C=O) groups excluding carboxylic acids is 1. The number of nitrogens with zero attached hydrogens (tertiary/aromatic N) is 2. The van der Waals surface area contributed by atoms with Gasteiger partial charge in [0.2, 0.25) is 0 Å². The summed E-state index contributed by atoms with van der Waals surface area (Å²) >= 11 is 1.73. The fourth-order valence-electron chi connectivity index (χ4n) is 3.48. The number of amides is 2. The monoisotopic (exact) mass is 387 g/mol. The van der Waals surface area contributed by atoms with Gasteiger partial charge in [0.25, 0.3) is 0 Å². The fraction of sp³-hybridized carbons (Fsp3) is 0.476. The van der Waals surface area contributed by atoms with Crippen LogP contribution in [-0.4, -0.2) is 43.3 Å². The van der Waals surface area contributed by atoms with Crippen LogP contribution in [0.4, 0.5) is 16.2 Å². The van der Waals surface area contributed by atoms with Crippen molar-refractivity contribution in [3.05, 3.63) is 46.2 Å². The second-order valence-corrected chi connectivity index (χ2v) is 8.66. The topological polar surface area (TPSA) is 44.8 Å². The van der Waals surface area contributed by atoms with Gasteiger partial charge in [0.15, 0.2) is 0 Å². The maximum Gasteiger partial charge on any atom is 0.322 e. The summed E-state index contributed by atoms with van der Waals surface area (Å²) in [4.78, 5) is 19.4. The van der Waals surface area contributed by atoms with E-state index < -0.39 is 0 Å². The molecule has 0 saturated carbocycles. The molecule has 1 aliphatic heterocycles. The van der Waals surface area contributed by atoms with Crippen molar-refractivity contribution in [2.24, 2.45) is 0 Å². The minimum atomic E-state index is -0.102. The predicted octanol–water partition coefficient (Wildman–Crippen LogP) is 4.90. The first-order valence-corrected chi connectivity index (χ1v) is 10.3. The lowest BCUT2D eigenvalue weighted by Crippen LogP contribution is -2.46. The van der Waals surface area contributed by atoms with E-state index in [4.69, 9.17) is 4.74 Å². The van der Waals surface area contributed by atoms with Crippen molar-refractivity contribution >= 4 is 28.7 Å². The summed E-state index contributed by atoms with van der Waals surface area (Å²) in [6.45, 7) is 9.95. The van der Waals surface area contributed by atoms with Crippen LogP contribution in [0.3, 0.4) is 0 Å². The molecule has 1 fully saturated rings. The molecule has 3 rings (SSSR count). The first-order chi connectivity index (χ1) is 12.8. The molecule has 2 amide bonds. The van der Waals surface area contributed by atoms with E-state index in [1.807, 2.05) is 25.2 Å². The van der Waals surface area contributed by atoms with Gasteiger partial charge in [-0.2, -0.15) is 0 Å². The van der Waals surface area contributed by atoms with E-state index in [9.17, 15) is 4.79 Å². The van der Waals surface area contributed by atoms with Gasteiger partial charge in [-0.05, 0) is 52.0 Å². The molecular weight excluding hydrogens is 358 g/mol. The molecule has 0 bridgehead atoms. The first kappa shape index (κ1) is 19.7. The van der Waals surface area contributed by atoms with Crippen LogP contribution in [0.15, 0.2) is 36.4 Å². The molecule has 6 heteroatoms. The summed E-state index contributed by atoms with van der Waals surface area (Å²) in [5.41, 5.74) is 1.88. The molecular formula is C21H29N3O2S. The number of aryl methyl sites for hydroxylation is 1. The van der Waals surface area contributed by atoms with Gasteiger partial charge >= 0.3 is 6.03 Å². The highest BCUT2D eigenvalue weighted by molar-refractivity contribution is 7.12. The third-order valence-corrected chi connectivity index (χ3v) is 6.15. The zero-order valence-electron chi connectivity index (χ0n) is 16.7. The van der Waals surface area contributed by atoms with Crippen molar-refractivity contribution < 1.29 is 9.53 Å². The SMILES string of the molecule is Cc1ccc([C@H](C)N(C)C(=O)Nc2ccccc2N2C[C@@H](C)O[C@H](C)C2)s1. The Balaban J connectivity index is 1.74. The lowest BCUT2D eigenvalue weighted by Gasteiger charge is -2.37. The Morgan fingerprint density at radius 2 is 1.89 bits per heavy atom. The molecule has 0 aliphatic carbocycles. The number of urea groups is 1. The van der Waals surface area contributed by atoms with E-state index in [1.54, 1.807) is 16.2 Å². The van der Waals surface area contributed by atoms with Gasteiger partial charge in [0.05, 0.1) is 29.6 Å². The zero-order valence-corrected chi connectivity index (χ0v) is 17.5. The standard InChI is InChI=1S/C21H29N3O2S/c1-14-12-24(13-15(2)26-14)19-9-7-6-8-18(19)22-21(25)23(5)17(4)20-11-10-16(3)27-20/h6-11,14-15,17H,12-13H2,1-5H3,(H,22,25)/t14-,15-,17+/m1/s1. The molecule has 1 aliphatic rings. The Morgan fingerprint density at radius 3 is 2.52 bits per heavy atom. The minimum absolute atomic E-state index is 0.0271. The van der Waals surface area contributed by atoms with Crippen molar-refractivity contribution in [3.8, 4) is 0 Å². The number of ether oxygens (including phenoxy) is 1. The average molecular weight is 388 g/mol. The molecule has 1 aromatic heterocycles. The van der Waals surface area contributed by atoms with E-state index in [2.05, 4.69) is 56.1 Å². The van der Waals surface area contributed by atoms with Gasteiger partial charge < -0.3 is 19.9 Å². The Labute approximate surface area is 165 Å². The van der Waals surface area contributed by atoms with Crippen LogP contribution >= 0.6 is 11.3 Å². The van der Waals surface area contributed by atoms with Crippen LogP contribution in [0.25, 0.3) is 0 Å². The summed E-state index contributed by atoms with van der Waals surface area (Å²) in [5.74, 6) is 0. The van der Waals surface area contributed by atoms with Crippen LogP contribution < -0.4 is 10.2 Å². The average Bonchev–Trinajstić information content (AvgIpc) is 3.06. The molecule has 1 N–H and O–H groups in total. The van der Waals surface area contributed by atoms with Crippen molar-refractivity contribution in [1.29, 1.82) is 0 Å². The Kier molecular flexibility index (Phi) is 6.07. The van der Waals surface area contributed by atoms with Gasteiger partial charge in [-0.1, -0.05) is 12.1 Å². The third kappa shape index (κ3) is 4.62. The lowest BCUT2D eigenvalue weighted by molar-refractivity contribution is -0.00517. The van der Waals surface area contributed by atoms with E-state index in [1.165, 1.54) is 9.75 Å². The van der Waals surface area contributed by atoms with Crippen LogP contribution in [0.1, 0.15) is 36.6 Å². The summed E-state index contributed by atoms with van der Waals surface area (Å²) in [6.07, 6.45) is 0.338. The maximum atomic E-state index is 12.9. The Hall–Kier alpha value is -2.05. The highest BCUT2D eigenvalue weighted by Crippen LogP contribution is 2.30. The summed E-state index contributed by atoms with van der Waals surface area (Å²) in [6, 6.07) is 12.1. The van der Waals surface area contributed by atoms with Crippen LogP contribution in [0.5, 0.6) is 0 Å². The van der Waals surface area contributed by atoms with Crippen LogP contribution in [0, 0.1) is 6.92 Å². The Bertz CT molecular complexity index is 781. The van der Waals surface area contributed by atoms with Crippen molar-refractivity contribution in [2.45, 2.75) is 45.9 Å². The number of para-hydroxylation sites is 2. The summed E-state index contributed by atoms with van der Waals surface area (Å²) < 4.78 is 5.84. The summed E-state index contributed by atoms with van der Waals surface area (Å²) in [5, 5.41) is 3.10. The number of anilines is 2. The van der Waals surface area contributed by atoms with E-state index in [0.717, 1.165) is 24.5 Å². The van der Waals surface area contributed by atoms with Crippen molar-refractivity contribution in [3.63, 3.8) is 0 Å². The second-order valence-electron chi connectivity index (χ2n) is 7.34. The number of carbonyl (C=O) groups is 1. The lowest BCUT2D eigenvalue weighted by atomic mass is 10.1. The van der Waals surface area contributed by atoms with E-state index in [-0.39, 0.29) is 24.3 Å². The summed E-state index contributed by atoms with van der Waals surface area (Å²) in [7, 11) is 1.84. The fourth-order valence-corrected chi connectivity index (χ4v) is 4.45. The van der Waals surface area contributed by atoms with Crippen molar-refractivity contribution in [2.75, 3.05) is 30.4 Å². The van der Waals surface area contributed by atoms with Crippen LogP contribution in [-0.2, 0) is 4.74 Å². The minimum Gasteiger partial charge on any atom is -0.372 e. The molecule has 1 saturated heterocycles. The Morgan fingerprint density at radius 1 is 1.22 bits per heavy atom. The molecule has 3 atom stereocenters. The number of hydrogen-bond acceptors (Lipinski definition) is 4. The smallest absolute Gasteiger partial charge is 0.322 e. The molecule has 0 radical (unpaired) electrons. The molecule has 0 unspecified atom stereocenters. The largest absolute Gasteiger partial charge is 0.372 e. The first-order valence-electron chi connectivity index (χ1n) is 9.44. The maximum absolute atomic E-state index is 12.9. The highest BCUT2D eigenvalue weighted by Gasteiger charge is 2.25. The molecule has 0 spiro atoms. The number of thiophene rings is 1. The normalized spacial score (nSPS) is 21.0. The number of morpholine rings is 1. The molecule has 2 heterocycles. The number of benzene rings is 1. The van der Waals surface area contributed by atoms with Gasteiger partial charge in [-0.15, -0.1) is 11.3 Å². The zero-order chi connectivity index (χ0) is 19.6. The second kappa shape index (κ2) is 8.31. The molecule has 146 valence electrons. The number of rotatable bonds is 4. The molecule has 5 nitrogen and oxygen atoms in total. The number of hydrogen-bond donors (Lipinski definition) is 1. The number of nitrogens with one attached hydrogen (secondary N) is 1. The third-order valence-electron chi connectivity index (χ3n) is 4.98. The van der Waals surface area contributed by atoms with Gasteiger partial charge in [0, 0.05) is 29.9 Å². The molecule has 27 heavy (non-hydrogen) atoms. The molecule has 1 aromatic carbocycles. The van der Waals surface area contributed by atoms with Gasteiger partial charge in [-0.25, -0.2) is 4.79 Å². The van der Waals surface area contributed by atoms with E-state index in [0.29, 0.717) is 0 Å². The predicted molar refractivity (Wildman–Crippen MR) is 113 cm³/mol. The van der Waals surface area contributed by atoms with E-state index >= 15 is 0 Å². The van der Waals surface area contributed by atoms with Crippen LogP contribution in [0.2, 0.25) is 0 Å². The molecule has 2 aromatic rings. The highest BCUT2D eigenvalue weighted by atomic mass is 32.1.